The highest BCUT2D eigenvalue weighted by molar-refractivity contribution is 9.09. The Balaban J connectivity index is 2.72. The first-order valence-corrected chi connectivity index (χ1v) is 6.60. The van der Waals surface area contributed by atoms with Crippen LogP contribution in [0.1, 0.15) is 25.3 Å². The Hall–Kier alpha value is -1.49. The first-order chi connectivity index (χ1) is 8.52. The minimum absolute atomic E-state index is 0.0591. The van der Waals surface area contributed by atoms with Crippen molar-refractivity contribution in [2.24, 2.45) is 0 Å². The Morgan fingerprint density at radius 3 is 2.67 bits per heavy atom. The van der Waals surface area contributed by atoms with Crippen molar-refractivity contribution >= 4 is 32.5 Å². The maximum absolute atomic E-state index is 11.0. The number of nitro groups is 1. The molecule has 1 heterocycles. The highest BCUT2D eigenvalue weighted by atomic mass is 79.9. The van der Waals surface area contributed by atoms with Crippen molar-refractivity contribution in [1.29, 1.82) is 0 Å². The Bertz CT molecular complexity index is 599. The second-order valence-electron chi connectivity index (χ2n) is 4.30. The van der Waals surface area contributed by atoms with Gasteiger partial charge < -0.3 is 0 Å². The van der Waals surface area contributed by atoms with Gasteiger partial charge >= 0.3 is 0 Å². The predicted molar refractivity (Wildman–Crippen MR) is 75.2 cm³/mol. The quantitative estimate of drug-likeness (QED) is 0.488. The zero-order valence-corrected chi connectivity index (χ0v) is 11.7. The summed E-state index contributed by atoms with van der Waals surface area (Å²) in [4.78, 5) is 15.0. The fraction of sp³-hybridized carbons (Fsp3) is 0.308. The van der Waals surface area contributed by atoms with Crippen LogP contribution in [-0.2, 0) is 0 Å². The van der Waals surface area contributed by atoms with Crippen molar-refractivity contribution in [2.45, 2.75) is 24.6 Å². The summed E-state index contributed by atoms with van der Waals surface area (Å²) in [6.07, 6.45) is 1.58. The van der Waals surface area contributed by atoms with Crippen molar-refractivity contribution in [3.05, 3.63) is 46.1 Å². The van der Waals surface area contributed by atoms with Gasteiger partial charge in [0.2, 0.25) is 0 Å². The number of fused-ring (bicyclic) bond motifs is 1. The van der Waals surface area contributed by atoms with E-state index in [1.165, 1.54) is 6.07 Å². The molecule has 0 bridgehead atoms. The molecule has 0 saturated carbocycles. The van der Waals surface area contributed by atoms with Gasteiger partial charge in [0.1, 0.15) is 5.52 Å². The third kappa shape index (κ3) is 2.22. The van der Waals surface area contributed by atoms with Gasteiger partial charge in [-0.25, -0.2) is 4.98 Å². The van der Waals surface area contributed by atoms with E-state index >= 15 is 0 Å². The van der Waals surface area contributed by atoms with Crippen LogP contribution < -0.4 is 0 Å². The van der Waals surface area contributed by atoms with Gasteiger partial charge in [-0.15, -0.1) is 0 Å². The molecule has 1 aromatic carbocycles. The zero-order valence-electron chi connectivity index (χ0n) is 10.1. The predicted octanol–water partition coefficient (Wildman–Crippen LogP) is 4.03. The van der Waals surface area contributed by atoms with Crippen LogP contribution in [0.4, 0.5) is 5.69 Å². The van der Waals surface area contributed by atoms with E-state index in [1.807, 2.05) is 12.1 Å². The number of benzene rings is 1. The third-order valence-electron chi connectivity index (χ3n) is 3.16. The van der Waals surface area contributed by atoms with Crippen LogP contribution >= 0.6 is 15.9 Å². The molecule has 0 fully saturated rings. The summed E-state index contributed by atoms with van der Waals surface area (Å²) >= 11 is 3.56. The molecule has 0 N–H and O–H groups in total. The standard InChI is InChI=1S/C13H13BrN2O2/c1-8(9(2)14)10-5-6-12(16(17)18)13-11(10)4-3-7-15-13/h3-9H,1-2H3. The molecule has 0 spiro atoms. The number of nitrogens with zero attached hydrogens (tertiary/aromatic N) is 2. The molecule has 2 atom stereocenters. The summed E-state index contributed by atoms with van der Waals surface area (Å²) in [5.74, 6) is 0.262. The monoisotopic (exact) mass is 308 g/mol. The summed E-state index contributed by atoms with van der Waals surface area (Å²) < 4.78 is 0. The number of nitro benzene ring substituents is 1. The minimum atomic E-state index is -0.388. The second-order valence-corrected chi connectivity index (χ2v) is 5.74. The van der Waals surface area contributed by atoms with Gasteiger partial charge in [0.05, 0.1) is 4.92 Å². The molecular weight excluding hydrogens is 296 g/mol. The van der Waals surface area contributed by atoms with Crippen LogP contribution in [0.3, 0.4) is 0 Å². The van der Waals surface area contributed by atoms with E-state index in [-0.39, 0.29) is 16.5 Å². The number of hydrogen-bond acceptors (Lipinski definition) is 3. The van der Waals surface area contributed by atoms with E-state index in [4.69, 9.17) is 0 Å². The van der Waals surface area contributed by atoms with Crippen LogP contribution in [0, 0.1) is 10.1 Å². The van der Waals surface area contributed by atoms with Gasteiger partial charge in [0, 0.05) is 22.5 Å². The first-order valence-electron chi connectivity index (χ1n) is 5.68. The topological polar surface area (TPSA) is 56.0 Å². The van der Waals surface area contributed by atoms with Crippen molar-refractivity contribution in [1.82, 2.24) is 4.98 Å². The fourth-order valence-corrected chi connectivity index (χ4v) is 2.26. The van der Waals surface area contributed by atoms with E-state index in [0.29, 0.717) is 10.3 Å². The highest BCUT2D eigenvalue weighted by Crippen LogP contribution is 2.33. The smallest absolute Gasteiger partial charge is 0.258 e. The lowest BCUT2D eigenvalue weighted by atomic mass is 9.94. The van der Waals surface area contributed by atoms with Gasteiger partial charge in [0.25, 0.3) is 5.69 Å². The first kappa shape index (κ1) is 13.0. The Morgan fingerprint density at radius 2 is 2.06 bits per heavy atom. The molecule has 2 aromatic rings. The molecule has 0 aliphatic rings. The van der Waals surface area contributed by atoms with Gasteiger partial charge in [-0.3, -0.25) is 10.1 Å². The molecule has 4 nitrogen and oxygen atoms in total. The molecule has 94 valence electrons. The third-order valence-corrected chi connectivity index (χ3v) is 3.95. The van der Waals surface area contributed by atoms with Crippen LogP contribution in [0.5, 0.6) is 0 Å². The second kappa shape index (κ2) is 5.02. The van der Waals surface area contributed by atoms with Crippen molar-refractivity contribution < 1.29 is 4.92 Å². The minimum Gasteiger partial charge on any atom is -0.258 e. The summed E-state index contributed by atoms with van der Waals surface area (Å²) in [5.41, 5.74) is 1.59. The largest absolute Gasteiger partial charge is 0.295 e. The van der Waals surface area contributed by atoms with E-state index in [9.17, 15) is 10.1 Å². The number of rotatable bonds is 3. The van der Waals surface area contributed by atoms with Crippen LogP contribution in [0.2, 0.25) is 0 Å². The Morgan fingerprint density at radius 1 is 1.33 bits per heavy atom. The molecule has 0 saturated heterocycles. The van der Waals surface area contributed by atoms with E-state index < -0.39 is 0 Å². The number of hydrogen-bond donors (Lipinski definition) is 0. The molecule has 5 heteroatoms. The van der Waals surface area contributed by atoms with Crippen molar-refractivity contribution in [2.75, 3.05) is 0 Å². The number of pyridine rings is 1. The van der Waals surface area contributed by atoms with E-state index in [1.54, 1.807) is 12.3 Å². The van der Waals surface area contributed by atoms with Gasteiger partial charge in [-0.1, -0.05) is 41.9 Å². The Kier molecular flexibility index (Phi) is 3.61. The molecule has 2 rings (SSSR count). The lowest BCUT2D eigenvalue weighted by Crippen LogP contribution is -2.06. The lowest BCUT2D eigenvalue weighted by molar-refractivity contribution is -0.383. The van der Waals surface area contributed by atoms with Crippen LogP contribution in [0.25, 0.3) is 10.9 Å². The lowest BCUT2D eigenvalue weighted by Gasteiger charge is -2.16. The normalized spacial score (nSPS) is 14.4. The zero-order chi connectivity index (χ0) is 13.3. The van der Waals surface area contributed by atoms with Gasteiger partial charge in [-0.2, -0.15) is 0 Å². The number of aromatic nitrogens is 1. The SMILES string of the molecule is CC(Br)C(C)c1ccc([N+](=O)[O-])c2ncccc12. The summed E-state index contributed by atoms with van der Waals surface area (Å²) in [7, 11) is 0. The molecule has 0 amide bonds. The number of non-ortho nitro benzene ring substituents is 1. The average Bonchev–Trinajstić information content (AvgIpc) is 2.36. The average molecular weight is 309 g/mol. The molecule has 2 unspecified atom stereocenters. The summed E-state index contributed by atoms with van der Waals surface area (Å²) in [6, 6.07) is 7.05. The molecule has 0 aliphatic heterocycles. The summed E-state index contributed by atoms with van der Waals surface area (Å²) in [6.45, 7) is 4.15. The molecule has 0 radical (unpaired) electrons. The van der Waals surface area contributed by atoms with Crippen LogP contribution in [-0.4, -0.2) is 14.7 Å². The summed E-state index contributed by atoms with van der Waals surface area (Å²) in [5, 5.41) is 11.8. The number of alkyl halides is 1. The Labute approximate surface area is 113 Å². The van der Waals surface area contributed by atoms with Crippen LogP contribution in [0.15, 0.2) is 30.5 Å². The van der Waals surface area contributed by atoms with Gasteiger partial charge in [0.15, 0.2) is 0 Å². The molecule has 18 heavy (non-hydrogen) atoms. The fourth-order valence-electron chi connectivity index (χ4n) is 1.97. The maximum atomic E-state index is 11.0. The maximum Gasteiger partial charge on any atom is 0.295 e. The van der Waals surface area contributed by atoms with E-state index in [0.717, 1.165) is 10.9 Å². The van der Waals surface area contributed by atoms with Crippen molar-refractivity contribution in [3.63, 3.8) is 0 Å². The molecule has 0 aliphatic carbocycles. The van der Waals surface area contributed by atoms with Gasteiger partial charge in [-0.05, 0) is 17.5 Å². The highest BCUT2D eigenvalue weighted by Gasteiger charge is 2.20. The van der Waals surface area contributed by atoms with Crippen molar-refractivity contribution in [3.8, 4) is 0 Å². The van der Waals surface area contributed by atoms with E-state index in [2.05, 4.69) is 34.8 Å². The molecule has 1 aromatic heterocycles. The molecular formula is C13H13BrN2O2. The number of halogens is 1.